The van der Waals surface area contributed by atoms with Crippen molar-refractivity contribution in [1.29, 1.82) is 0 Å². The maximum Gasteiger partial charge on any atom is 0.187 e. The largest absolute Gasteiger partial charge is 0.394 e. The van der Waals surface area contributed by atoms with Crippen molar-refractivity contribution in [2.75, 3.05) is 19.8 Å². The summed E-state index contributed by atoms with van der Waals surface area (Å²) in [5.74, 6) is 0. The third-order valence-electron chi connectivity index (χ3n) is 5.70. The van der Waals surface area contributed by atoms with Gasteiger partial charge in [-0.25, -0.2) is 0 Å². The highest BCUT2D eigenvalue weighted by molar-refractivity contribution is 4.95. The SMILES string of the molecule is OC[C@H]1O[C@@H](O[C@H]2C(O)O[C@H](CO)[C@@H](O[C@@H]3OC[C@@H](O)[C@H](O)[C@H]3O)[C@@H]2O)[C@H](O)[C@@H](O)[C@@H]1O. The second-order valence-corrected chi connectivity index (χ2v) is 7.89. The summed E-state index contributed by atoms with van der Waals surface area (Å²) in [5, 5.41) is 99.0. The average Bonchev–Trinajstić information content (AvgIpc) is 2.78. The third kappa shape index (κ3) is 5.07. The molecule has 0 aromatic carbocycles. The Labute approximate surface area is 181 Å². The molecule has 188 valence electrons. The van der Waals surface area contributed by atoms with Crippen LogP contribution in [0.25, 0.3) is 0 Å². The van der Waals surface area contributed by atoms with E-state index in [4.69, 9.17) is 23.7 Å². The van der Waals surface area contributed by atoms with Crippen LogP contribution in [0.3, 0.4) is 0 Å². The van der Waals surface area contributed by atoms with Gasteiger partial charge in [-0.1, -0.05) is 0 Å². The Morgan fingerprint density at radius 2 is 1.19 bits per heavy atom. The van der Waals surface area contributed by atoms with Gasteiger partial charge in [-0.15, -0.1) is 0 Å². The van der Waals surface area contributed by atoms with E-state index in [1.807, 2.05) is 0 Å². The molecule has 14 atom stereocenters. The Hall–Kier alpha value is -0.600. The molecule has 0 amide bonds. The lowest BCUT2D eigenvalue weighted by Gasteiger charge is -2.47. The molecule has 3 aliphatic rings. The molecule has 0 aliphatic carbocycles. The Balaban J connectivity index is 1.73. The molecule has 3 heterocycles. The molecule has 1 unspecified atom stereocenters. The first-order valence-electron chi connectivity index (χ1n) is 10.00. The molecule has 0 spiro atoms. The monoisotopic (exact) mass is 474 g/mol. The summed E-state index contributed by atoms with van der Waals surface area (Å²) in [5.41, 5.74) is 0. The van der Waals surface area contributed by atoms with E-state index in [9.17, 15) is 51.1 Å². The number of ether oxygens (including phenoxy) is 5. The fraction of sp³-hybridized carbons (Fsp3) is 1.00. The van der Waals surface area contributed by atoms with Gasteiger partial charge in [0.15, 0.2) is 18.9 Å². The first-order valence-corrected chi connectivity index (χ1v) is 10.00. The first kappa shape index (κ1) is 26.0. The van der Waals surface area contributed by atoms with Gasteiger partial charge >= 0.3 is 0 Å². The molecule has 3 fully saturated rings. The van der Waals surface area contributed by atoms with Gasteiger partial charge in [-0.2, -0.15) is 0 Å². The zero-order valence-electron chi connectivity index (χ0n) is 16.7. The number of hydrogen-bond acceptors (Lipinski definition) is 15. The lowest BCUT2D eigenvalue weighted by molar-refractivity contribution is -0.378. The second-order valence-electron chi connectivity index (χ2n) is 7.89. The van der Waals surface area contributed by atoms with Crippen molar-refractivity contribution in [1.82, 2.24) is 0 Å². The van der Waals surface area contributed by atoms with Gasteiger partial charge in [0.1, 0.15) is 67.1 Å². The van der Waals surface area contributed by atoms with Gasteiger partial charge in [0, 0.05) is 0 Å². The fourth-order valence-corrected chi connectivity index (χ4v) is 3.76. The minimum atomic E-state index is -1.88. The number of rotatable bonds is 6. The molecule has 0 saturated carbocycles. The zero-order chi connectivity index (χ0) is 23.7. The summed E-state index contributed by atoms with van der Waals surface area (Å²) < 4.78 is 26.3. The number of aliphatic hydroxyl groups excluding tert-OH is 10. The highest BCUT2D eigenvalue weighted by atomic mass is 16.7. The highest BCUT2D eigenvalue weighted by Crippen LogP contribution is 2.31. The van der Waals surface area contributed by atoms with Gasteiger partial charge in [0.25, 0.3) is 0 Å². The Bertz CT molecular complexity index is 594. The smallest absolute Gasteiger partial charge is 0.187 e. The lowest BCUT2D eigenvalue weighted by atomic mass is 9.97. The van der Waals surface area contributed by atoms with Crippen molar-refractivity contribution in [3.63, 3.8) is 0 Å². The Morgan fingerprint density at radius 3 is 1.81 bits per heavy atom. The summed E-state index contributed by atoms with van der Waals surface area (Å²) in [4.78, 5) is 0. The quantitative estimate of drug-likeness (QED) is 0.172. The summed E-state index contributed by atoms with van der Waals surface area (Å²) in [6.07, 6.45) is -22.8. The minimum Gasteiger partial charge on any atom is -0.394 e. The summed E-state index contributed by atoms with van der Waals surface area (Å²) in [7, 11) is 0. The van der Waals surface area contributed by atoms with E-state index < -0.39 is 106 Å². The van der Waals surface area contributed by atoms with Gasteiger partial charge < -0.3 is 74.7 Å². The van der Waals surface area contributed by atoms with Crippen LogP contribution in [0, 0.1) is 0 Å². The minimum absolute atomic E-state index is 0.399. The molecule has 0 bridgehead atoms. The van der Waals surface area contributed by atoms with Gasteiger partial charge in [-0.3, -0.25) is 0 Å². The van der Waals surface area contributed by atoms with Gasteiger partial charge in [0.05, 0.1) is 19.8 Å². The Kier molecular flexibility index (Phi) is 8.75. The van der Waals surface area contributed by atoms with E-state index in [-0.39, 0.29) is 0 Å². The van der Waals surface area contributed by atoms with Crippen molar-refractivity contribution in [3.05, 3.63) is 0 Å². The Morgan fingerprint density at radius 1 is 0.594 bits per heavy atom. The molecule has 32 heavy (non-hydrogen) atoms. The zero-order valence-corrected chi connectivity index (χ0v) is 16.7. The van der Waals surface area contributed by atoms with Crippen LogP contribution in [-0.2, 0) is 23.7 Å². The predicted molar refractivity (Wildman–Crippen MR) is 95.2 cm³/mol. The van der Waals surface area contributed by atoms with Crippen molar-refractivity contribution >= 4 is 0 Å². The molecule has 15 nitrogen and oxygen atoms in total. The third-order valence-corrected chi connectivity index (χ3v) is 5.70. The molecule has 3 saturated heterocycles. The molecule has 15 heteroatoms. The molecule has 3 aliphatic heterocycles. The topological polar surface area (TPSA) is 248 Å². The summed E-state index contributed by atoms with van der Waals surface area (Å²) in [6.45, 7) is -1.89. The number of aliphatic hydroxyl groups is 10. The van der Waals surface area contributed by atoms with Crippen LogP contribution in [0.1, 0.15) is 0 Å². The van der Waals surface area contributed by atoms with E-state index in [0.29, 0.717) is 0 Å². The van der Waals surface area contributed by atoms with Crippen LogP contribution in [-0.4, -0.2) is 157 Å². The van der Waals surface area contributed by atoms with Gasteiger partial charge in [-0.05, 0) is 0 Å². The lowest BCUT2D eigenvalue weighted by Crippen LogP contribution is -2.66. The second kappa shape index (κ2) is 10.8. The molecule has 10 N–H and O–H groups in total. The maximum atomic E-state index is 10.7. The molecule has 0 aromatic heterocycles. The van der Waals surface area contributed by atoms with Crippen LogP contribution in [0.5, 0.6) is 0 Å². The summed E-state index contributed by atoms with van der Waals surface area (Å²) >= 11 is 0. The number of hydrogen-bond donors (Lipinski definition) is 10. The summed E-state index contributed by atoms with van der Waals surface area (Å²) in [6, 6.07) is 0. The molecule has 3 rings (SSSR count). The predicted octanol–water partition coefficient (Wildman–Crippen LogP) is -6.93. The van der Waals surface area contributed by atoms with Crippen LogP contribution in [0.4, 0.5) is 0 Å². The van der Waals surface area contributed by atoms with Crippen molar-refractivity contribution in [3.8, 4) is 0 Å². The molecule has 0 aromatic rings. The highest BCUT2D eigenvalue weighted by Gasteiger charge is 2.52. The van der Waals surface area contributed by atoms with Crippen molar-refractivity contribution in [2.24, 2.45) is 0 Å². The van der Waals surface area contributed by atoms with E-state index >= 15 is 0 Å². The average molecular weight is 474 g/mol. The standard InChI is InChI=1S/C17H30O15/c18-1-5-8(22)9(23)11(25)17(30-5)32-14-12(26)13(6(2-19)29-15(14)27)31-16-10(24)7(21)4(20)3-28-16/h4-27H,1-3H2/t4-,5-,6-,7+,8-,9+,10-,11-,12+,13-,14-,15?,16+,17+/m1/s1. The molecular weight excluding hydrogens is 444 g/mol. The first-order chi connectivity index (χ1) is 15.1. The van der Waals surface area contributed by atoms with Crippen LogP contribution in [0.2, 0.25) is 0 Å². The van der Waals surface area contributed by atoms with Crippen molar-refractivity contribution in [2.45, 2.75) is 86.0 Å². The van der Waals surface area contributed by atoms with Crippen LogP contribution in [0.15, 0.2) is 0 Å². The molecular formula is C17H30O15. The van der Waals surface area contributed by atoms with Crippen molar-refractivity contribution < 1.29 is 74.7 Å². The van der Waals surface area contributed by atoms with Crippen LogP contribution >= 0.6 is 0 Å². The molecule has 0 radical (unpaired) electrons. The van der Waals surface area contributed by atoms with E-state index in [2.05, 4.69) is 0 Å². The maximum absolute atomic E-state index is 10.7. The van der Waals surface area contributed by atoms with Gasteiger partial charge in [0.2, 0.25) is 0 Å². The fourth-order valence-electron chi connectivity index (χ4n) is 3.76. The normalized spacial score (nSPS) is 52.7. The van der Waals surface area contributed by atoms with E-state index in [1.54, 1.807) is 0 Å². The van der Waals surface area contributed by atoms with Crippen LogP contribution < -0.4 is 0 Å². The van der Waals surface area contributed by atoms with E-state index in [1.165, 1.54) is 0 Å². The van der Waals surface area contributed by atoms with E-state index in [0.717, 1.165) is 0 Å².